The van der Waals surface area contributed by atoms with Gasteiger partial charge in [0, 0.05) is 120 Å². The number of hydrogen-bond acceptors (Lipinski definition) is 19. The number of aromatic nitrogens is 3. The minimum absolute atomic E-state index is 0.0416. The van der Waals surface area contributed by atoms with Gasteiger partial charge in [0.05, 0.1) is 45.7 Å². The quantitative estimate of drug-likeness (QED) is 0.0477. The number of Topliss-reactive ketones (excluding diaryl/α,β-unsaturated/α-hetero) is 3. The Morgan fingerprint density at radius 1 is 0.457 bits per heavy atom. The lowest BCUT2D eigenvalue weighted by Crippen LogP contribution is -2.44. The molecule has 8 N–H and O–H groups in total. The number of carbonyl (C=O) groups is 3. The number of rotatable bonds is 15. The van der Waals surface area contributed by atoms with Crippen LogP contribution in [0.2, 0.25) is 0 Å². The molecule has 81 heavy (non-hydrogen) atoms. The molecule has 12 rings (SSSR count). The van der Waals surface area contributed by atoms with E-state index in [1.165, 1.54) is 34.0 Å². The second-order valence-corrected chi connectivity index (χ2v) is 23.1. The average molecular weight is 1140 g/mol. The smallest absolute Gasteiger partial charge is 0.186 e. The summed E-state index contributed by atoms with van der Waals surface area (Å²) in [4.78, 5) is 62.8. The summed E-state index contributed by atoms with van der Waals surface area (Å²) in [6.45, 7) is 11.4. The first kappa shape index (κ1) is 56.2. The van der Waals surface area contributed by atoms with Crippen molar-refractivity contribution in [3.63, 3.8) is 0 Å². The maximum Gasteiger partial charge on any atom is 0.186 e. The van der Waals surface area contributed by atoms with Crippen molar-refractivity contribution in [2.24, 2.45) is 0 Å². The van der Waals surface area contributed by atoms with Gasteiger partial charge >= 0.3 is 0 Å². The molecule has 0 unspecified atom stereocenters. The first-order valence-electron chi connectivity index (χ1n) is 27.1. The van der Waals surface area contributed by atoms with E-state index in [9.17, 15) is 14.4 Å². The zero-order valence-corrected chi connectivity index (χ0v) is 47.7. The number of anilines is 6. The second kappa shape index (κ2) is 26.9. The van der Waals surface area contributed by atoms with E-state index in [-0.39, 0.29) is 36.6 Å². The van der Waals surface area contributed by atoms with Gasteiger partial charge in [-0.25, -0.2) is 15.0 Å². The Hall–Kier alpha value is -8.04. The average Bonchev–Trinajstić information content (AvgIpc) is 4.40. The molecule has 3 aliphatic heterocycles. The molecule has 0 radical (unpaired) electrons. The molecule has 3 aliphatic rings. The summed E-state index contributed by atoms with van der Waals surface area (Å²) in [5, 5.41) is 9.41. The minimum atomic E-state index is 0.0416. The van der Waals surface area contributed by atoms with Crippen LogP contribution in [0.3, 0.4) is 0 Å². The predicted molar refractivity (Wildman–Crippen MR) is 331 cm³/mol. The molecular formula is C62H66N12O4S3. The van der Waals surface area contributed by atoms with Crippen LogP contribution >= 0.6 is 34.0 Å². The van der Waals surface area contributed by atoms with Gasteiger partial charge < -0.3 is 51.9 Å². The molecule has 0 amide bonds. The highest BCUT2D eigenvalue weighted by Crippen LogP contribution is 2.32. The second-order valence-electron chi connectivity index (χ2n) is 20.1. The Labute approximate surface area is 484 Å². The van der Waals surface area contributed by atoms with Crippen LogP contribution in [0.25, 0.3) is 33.4 Å². The van der Waals surface area contributed by atoms with Gasteiger partial charge in [0.2, 0.25) is 0 Å². The monoisotopic (exact) mass is 1140 g/mol. The standard InChI is InChI=1S/C22H24N4OS.C21H22N4OS.C19H20N4O2S/c1-25-9-11-26(12-10-25)22-24-15-21(28-22)20(27)14-18-13-17(7-8-19(18)23)16-5-3-2-4-6-16;22-18-7-6-16(15-4-2-1-3-5-15)12-17(18)13-19(26)20-14-24-21(27-20)25-10-8-23-9-11-25;20-16-2-1-13(14-3-8-25-12-14)9-15(16)10-17(24)18-11-22-19(26-18)23-6-4-21-5-7-23/h2-8,13,15H,9-12,14,23H2,1H3;1-7,12,14,23H,8-11,13,22H2;1-3,8-9,11-12,21H,4-7,10,20H2. The maximum absolute atomic E-state index is 12.9. The highest BCUT2D eigenvalue weighted by atomic mass is 32.1. The van der Waals surface area contributed by atoms with E-state index in [4.69, 9.17) is 21.6 Å². The largest absolute Gasteiger partial charge is 0.472 e. The molecule has 9 aromatic rings. The Balaban J connectivity index is 0.000000136. The highest BCUT2D eigenvalue weighted by Gasteiger charge is 2.22. The van der Waals surface area contributed by atoms with E-state index in [1.54, 1.807) is 31.1 Å². The fraction of sp³-hybridized carbons (Fsp3) is 0.258. The van der Waals surface area contributed by atoms with Gasteiger partial charge in [0.1, 0.15) is 0 Å². The highest BCUT2D eigenvalue weighted by molar-refractivity contribution is 7.18. The first-order valence-corrected chi connectivity index (χ1v) is 29.6. The van der Waals surface area contributed by atoms with Crippen molar-refractivity contribution in [2.75, 3.05) is 117 Å². The van der Waals surface area contributed by atoms with Gasteiger partial charge in [-0.3, -0.25) is 14.4 Å². The molecule has 0 bridgehead atoms. The molecule has 0 atom stereocenters. The van der Waals surface area contributed by atoms with Gasteiger partial charge in [-0.05, 0) is 94.0 Å². The summed E-state index contributed by atoms with van der Waals surface area (Å²) in [5.74, 6) is 0.167. The van der Waals surface area contributed by atoms with Crippen LogP contribution in [-0.4, -0.2) is 123 Å². The van der Waals surface area contributed by atoms with Crippen LogP contribution in [0.4, 0.5) is 32.5 Å². The number of ketones is 3. The number of nitrogens with one attached hydrogen (secondary N) is 2. The molecule has 5 aromatic carbocycles. The minimum Gasteiger partial charge on any atom is -0.472 e. The number of nitrogens with zero attached hydrogens (tertiary/aromatic N) is 7. The third-order valence-corrected chi connectivity index (χ3v) is 17.7. The molecular weight excluding hydrogens is 1070 g/mol. The third-order valence-electron chi connectivity index (χ3n) is 14.4. The first-order chi connectivity index (χ1) is 39.5. The van der Waals surface area contributed by atoms with Crippen LogP contribution in [0.15, 0.2) is 157 Å². The van der Waals surface area contributed by atoms with Gasteiger partial charge in [-0.15, -0.1) is 0 Å². The van der Waals surface area contributed by atoms with Crippen LogP contribution in [0, 0.1) is 0 Å². The van der Waals surface area contributed by atoms with Gasteiger partial charge in [-0.1, -0.05) is 113 Å². The molecule has 416 valence electrons. The number of piperazine rings is 3. The zero-order chi connectivity index (χ0) is 56.1. The van der Waals surface area contributed by atoms with Crippen molar-refractivity contribution < 1.29 is 18.8 Å². The molecule has 0 spiro atoms. The van der Waals surface area contributed by atoms with Crippen LogP contribution in [-0.2, 0) is 19.3 Å². The normalized spacial score (nSPS) is 14.6. The van der Waals surface area contributed by atoms with E-state index in [0.717, 1.165) is 144 Å². The molecule has 0 saturated carbocycles. The molecule has 3 saturated heterocycles. The number of nitrogens with two attached hydrogens (primary N) is 3. The molecule has 4 aromatic heterocycles. The molecule has 7 heterocycles. The van der Waals surface area contributed by atoms with Crippen molar-refractivity contribution in [3.05, 3.63) is 184 Å². The van der Waals surface area contributed by atoms with E-state index in [2.05, 4.69) is 76.5 Å². The lowest BCUT2D eigenvalue weighted by Gasteiger charge is -2.32. The van der Waals surface area contributed by atoms with E-state index in [0.29, 0.717) is 31.7 Å². The number of furan rings is 1. The number of hydrogen-bond donors (Lipinski definition) is 5. The van der Waals surface area contributed by atoms with E-state index < -0.39 is 0 Å². The lowest BCUT2D eigenvalue weighted by molar-refractivity contribution is 0.0988. The fourth-order valence-electron chi connectivity index (χ4n) is 9.62. The Morgan fingerprint density at radius 3 is 1.17 bits per heavy atom. The summed E-state index contributed by atoms with van der Waals surface area (Å²) in [5.41, 5.74) is 29.2. The molecule has 0 aliphatic carbocycles. The SMILES string of the molecule is CN1CCN(c2ncc(C(=O)Cc3cc(-c4ccccc4)ccc3N)s2)CC1.Nc1ccc(-c2ccccc2)cc1CC(=O)c1cnc(N2CCNCC2)s1.Nc1ccc(-c2ccoc2)cc1CC(=O)c1cnc(N2CCNCC2)s1. The number of thiazole rings is 3. The molecule has 16 nitrogen and oxygen atoms in total. The van der Waals surface area contributed by atoms with Crippen molar-refractivity contribution in [1.82, 2.24) is 30.5 Å². The number of nitrogen functional groups attached to an aromatic ring is 3. The Morgan fingerprint density at radius 2 is 0.815 bits per heavy atom. The summed E-state index contributed by atoms with van der Waals surface area (Å²) in [6, 6.07) is 39.6. The topological polar surface area (TPSA) is 218 Å². The lowest BCUT2D eigenvalue weighted by atomic mass is 9.99. The van der Waals surface area contributed by atoms with E-state index >= 15 is 0 Å². The summed E-state index contributed by atoms with van der Waals surface area (Å²) in [6.07, 6.45) is 9.23. The van der Waals surface area contributed by atoms with Crippen molar-refractivity contribution in [1.29, 1.82) is 0 Å². The molecule has 3 fully saturated rings. The van der Waals surface area contributed by atoms with Crippen LogP contribution in [0.1, 0.15) is 45.7 Å². The Bertz CT molecular complexity index is 3530. The molecule has 19 heteroatoms. The van der Waals surface area contributed by atoms with Gasteiger partial charge in [-0.2, -0.15) is 0 Å². The van der Waals surface area contributed by atoms with Crippen LogP contribution in [0.5, 0.6) is 0 Å². The van der Waals surface area contributed by atoms with Crippen molar-refractivity contribution in [2.45, 2.75) is 19.3 Å². The van der Waals surface area contributed by atoms with Crippen molar-refractivity contribution in [3.8, 4) is 33.4 Å². The maximum atomic E-state index is 12.9. The summed E-state index contributed by atoms with van der Waals surface area (Å²) < 4.78 is 5.14. The van der Waals surface area contributed by atoms with Gasteiger partial charge in [0.25, 0.3) is 0 Å². The number of benzene rings is 5. The van der Waals surface area contributed by atoms with Crippen molar-refractivity contribution >= 4 is 83.8 Å². The number of likely N-dealkylation sites (N-methyl/N-ethyl adjacent to an activating group) is 1. The Kier molecular flexibility index (Phi) is 18.7. The summed E-state index contributed by atoms with van der Waals surface area (Å²) >= 11 is 4.41. The van der Waals surface area contributed by atoms with Gasteiger partial charge in [0.15, 0.2) is 32.7 Å². The zero-order valence-electron chi connectivity index (χ0n) is 45.3. The third kappa shape index (κ3) is 14.7. The number of carbonyl (C=O) groups excluding carboxylic acids is 3. The van der Waals surface area contributed by atoms with Crippen LogP contribution < -0.4 is 42.5 Å². The summed E-state index contributed by atoms with van der Waals surface area (Å²) in [7, 11) is 2.13. The fourth-order valence-corrected chi connectivity index (χ4v) is 12.3. The van der Waals surface area contributed by atoms with E-state index in [1.807, 2.05) is 97.1 Å². The predicted octanol–water partition coefficient (Wildman–Crippen LogP) is 9.62.